The number of amides is 2. The minimum absolute atomic E-state index is 0.0348. The first-order chi connectivity index (χ1) is 16.6. The van der Waals surface area contributed by atoms with Crippen molar-refractivity contribution in [1.29, 1.82) is 0 Å². The zero-order valence-corrected chi connectivity index (χ0v) is 24.0. The van der Waals surface area contributed by atoms with Crippen LogP contribution in [-0.4, -0.2) is 49.5 Å². The number of aryl methyl sites for hydroxylation is 1. The van der Waals surface area contributed by atoms with E-state index in [9.17, 15) is 18.0 Å². The van der Waals surface area contributed by atoms with Gasteiger partial charge in [0.25, 0.3) is 0 Å². The van der Waals surface area contributed by atoms with Gasteiger partial charge in [0.2, 0.25) is 21.8 Å². The number of benzene rings is 2. The maximum absolute atomic E-state index is 13.4. The van der Waals surface area contributed by atoms with E-state index in [0.717, 1.165) is 11.8 Å². The predicted molar refractivity (Wildman–Crippen MR) is 147 cm³/mol. The second-order valence-corrected chi connectivity index (χ2v) is 12.6. The molecule has 0 aromatic heterocycles. The molecule has 0 saturated carbocycles. The number of hydrogen-bond acceptors (Lipinski definition) is 4. The maximum atomic E-state index is 13.4. The Kier molecular flexibility index (Phi) is 10.2. The van der Waals surface area contributed by atoms with Crippen molar-refractivity contribution in [3.05, 3.63) is 63.6 Å². The van der Waals surface area contributed by atoms with E-state index in [1.807, 2.05) is 33.8 Å². The molecule has 0 bridgehead atoms. The minimum atomic E-state index is -3.55. The van der Waals surface area contributed by atoms with E-state index >= 15 is 0 Å². The quantitative estimate of drug-likeness (QED) is 0.437. The summed E-state index contributed by atoms with van der Waals surface area (Å²) in [5.41, 5.74) is 1.54. The van der Waals surface area contributed by atoms with Crippen LogP contribution in [0.5, 0.6) is 0 Å². The van der Waals surface area contributed by atoms with Gasteiger partial charge in [-0.05, 0) is 70.9 Å². The number of carbonyl (C=O) groups is 2. The molecule has 0 heterocycles. The Hall–Kier alpha value is -2.29. The number of nitrogens with zero attached hydrogens (tertiary/aromatic N) is 2. The molecule has 1 N–H and O–H groups in total. The molecule has 0 fully saturated rings. The van der Waals surface area contributed by atoms with Crippen LogP contribution in [0.1, 0.15) is 51.7 Å². The van der Waals surface area contributed by atoms with Crippen LogP contribution in [0, 0.1) is 6.92 Å². The molecule has 0 spiro atoms. The van der Waals surface area contributed by atoms with Gasteiger partial charge in [-0.1, -0.05) is 41.4 Å². The van der Waals surface area contributed by atoms with Crippen LogP contribution in [0.4, 0.5) is 5.69 Å². The van der Waals surface area contributed by atoms with Gasteiger partial charge in [-0.3, -0.25) is 13.9 Å². The van der Waals surface area contributed by atoms with Crippen molar-refractivity contribution in [3.8, 4) is 0 Å². The highest BCUT2D eigenvalue weighted by atomic mass is 35.5. The van der Waals surface area contributed by atoms with Gasteiger partial charge in [-0.2, -0.15) is 0 Å². The monoisotopic (exact) mass is 555 g/mol. The molecule has 0 aliphatic carbocycles. The van der Waals surface area contributed by atoms with Crippen molar-refractivity contribution in [2.24, 2.45) is 0 Å². The highest BCUT2D eigenvalue weighted by Gasteiger charge is 2.29. The molecule has 2 aromatic carbocycles. The number of hydrogen-bond donors (Lipinski definition) is 1. The second kappa shape index (κ2) is 12.3. The highest BCUT2D eigenvalue weighted by molar-refractivity contribution is 7.92. The third-order valence-corrected chi connectivity index (χ3v) is 7.40. The molecule has 1 unspecified atom stereocenters. The molecule has 7 nitrogen and oxygen atoms in total. The molecule has 2 rings (SSSR count). The molecule has 10 heteroatoms. The lowest BCUT2D eigenvalue weighted by Gasteiger charge is -2.32. The van der Waals surface area contributed by atoms with Crippen LogP contribution in [0.15, 0.2) is 42.5 Å². The van der Waals surface area contributed by atoms with E-state index in [1.54, 1.807) is 43.3 Å². The topological polar surface area (TPSA) is 86.8 Å². The maximum Gasteiger partial charge on any atom is 0.242 e. The van der Waals surface area contributed by atoms with Gasteiger partial charge in [0.1, 0.15) is 6.04 Å². The van der Waals surface area contributed by atoms with Crippen LogP contribution in [0.25, 0.3) is 0 Å². The number of rotatable bonds is 10. The molecule has 2 amide bonds. The summed E-state index contributed by atoms with van der Waals surface area (Å²) in [7, 11) is -3.55. The molecule has 198 valence electrons. The Balaban J connectivity index is 2.25. The fourth-order valence-electron chi connectivity index (χ4n) is 3.70. The Bertz CT molecular complexity index is 1180. The van der Waals surface area contributed by atoms with Crippen LogP contribution in [0.3, 0.4) is 0 Å². The SMILES string of the molecule is Cc1cccc(N(CCCC(=O)N(Cc2c(Cl)cccc2Cl)C(C)C(=O)NC(C)(C)C)S(C)(=O)=O)c1. The standard InChI is InChI=1S/C26H35Cl2N3O4S/c1-18-10-7-11-20(16-18)31(36(6,34)35)15-9-14-24(32)30(19(2)25(33)29-26(3,4)5)17-21-22(27)12-8-13-23(21)28/h7-8,10-13,16,19H,9,14-15,17H2,1-6H3,(H,29,33). The van der Waals surface area contributed by atoms with Crippen LogP contribution in [0.2, 0.25) is 10.0 Å². The molecule has 0 aliphatic heterocycles. The lowest BCUT2D eigenvalue weighted by Crippen LogP contribution is -2.52. The second-order valence-electron chi connectivity index (χ2n) is 9.91. The normalized spacial score (nSPS) is 12.7. The third kappa shape index (κ3) is 8.68. The highest BCUT2D eigenvalue weighted by Crippen LogP contribution is 2.27. The zero-order chi connectivity index (χ0) is 27.3. The number of halogens is 2. The summed E-state index contributed by atoms with van der Waals surface area (Å²) in [6.45, 7) is 9.29. The first kappa shape index (κ1) is 29.9. The van der Waals surface area contributed by atoms with Gasteiger partial charge in [-0.25, -0.2) is 8.42 Å². The first-order valence-corrected chi connectivity index (χ1v) is 14.3. The number of carbonyl (C=O) groups excluding carboxylic acids is 2. The lowest BCUT2D eigenvalue weighted by molar-refractivity contribution is -0.141. The summed E-state index contributed by atoms with van der Waals surface area (Å²) in [4.78, 5) is 27.8. The average Bonchev–Trinajstić information content (AvgIpc) is 2.74. The smallest absolute Gasteiger partial charge is 0.242 e. The van der Waals surface area contributed by atoms with Gasteiger partial charge >= 0.3 is 0 Å². The van der Waals surface area contributed by atoms with Crippen LogP contribution in [-0.2, 0) is 26.2 Å². The molecule has 36 heavy (non-hydrogen) atoms. The van der Waals surface area contributed by atoms with Crippen molar-refractivity contribution in [1.82, 2.24) is 10.2 Å². The molecular weight excluding hydrogens is 521 g/mol. The minimum Gasteiger partial charge on any atom is -0.350 e. The fourth-order valence-corrected chi connectivity index (χ4v) is 5.17. The van der Waals surface area contributed by atoms with Gasteiger partial charge in [0, 0.05) is 40.7 Å². The Morgan fingerprint density at radius 3 is 2.17 bits per heavy atom. The first-order valence-electron chi connectivity index (χ1n) is 11.7. The van der Waals surface area contributed by atoms with Gasteiger partial charge in [-0.15, -0.1) is 0 Å². The molecule has 0 radical (unpaired) electrons. The van der Waals surface area contributed by atoms with Gasteiger partial charge in [0.05, 0.1) is 11.9 Å². The summed E-state index contributed by atoms with van der Waals surface area (Å²) in [5.74, 6) is -0.614. The van der Waals surface area contributed by atoms with Gasteiger partial charge in [0.15, 0.2) is 0 Å². The molecule has 2 aromatic rings. The van der Waals surface area contributed by atoms with Crippen LogP contribution < -0.4 is 9.62 Å². The van der Waals surface area contributed by atoms with Gasteiger partial charge < -0.3 is 10.2 Å². The summed E-state index contributed by atoms with van der Waals surface area (Å²) in [6.07, 6.45) is 1.44. The summed E-state index contributed by atoms with van der Waals surface area (Å²) < 4.78 is 26.2. The van der Waals surface area contributed by atoms with Crippen molar-refractivity contribution >= 4 is 50.7 Å². The number of anilines is 1. The molecular formula is C26H35Cl2N3O4S. The summed E-state index contributed by atoms with van der Waals surface area (Å²) in [6, 6.07) is 11.4. The molecule has 1 atom stereocenters. The largest absolute Gasteiger partial charge is 0.350 e. The molecule has 0 saturated heterocycles. The van der Waals surface area contributed by atoms with E-state index in [0.29, 0.717) is 21.3 Å². The number of nitrogens with one attached hydrogen (secondary N) is 1. The van der Waals surface area contributed by atoms with E-state index in [-0.39, 0.29) is 37.7 Å². The van der Waals surface area contributed by atoms with Crippen molar-refractivity contribution in [3.63, 3.8) is 0 Å². The Morgan fingerprint density at radius 2 is 1.64 bits per heavy atom. The third-order valence-electron chi connectivity index (χ3n) is 5.50. The molecule has 0 aliphatic rings. The fraction of sp³-hybridized carbons (Fsp3) is 0.462. The van der Waals surface area contributed by atoms with E-state index < -0.39 is 21.6 Å². The predicted octanol–water partition coefficient (Wildman–Crippen LogP) is 5.18. The van der Waals surface area contributed by atoms with Crippen LogP contribution >= 0.6 is 23.2 Å². The Morgan fingerprint density at radius 1 is 1.06 bits per heavy atom. The van der Waals surface area contributed by atoms with Crippen molar-refractivity contribution < 1.29 is 18.0 Å². The Labute approximate surface area is 224 Å². The van der Waals surface area contributed by atoms with E-state index in [2.05, 4.69) is 5.32 Å². The number of sulfonamides is 1. The zero-order valence-electron chi connectivity index (χ0n) is 21.6. The van der Waals surface area contributed by atoms with E-state index in [4.69, 9.17) is 23.2 Å². The summed E-state index contributed by atoms with van der Waals surface area (Å²) >= 11 is 12.7. The van der Waals surface area contributed by atoms with Crippen molar-refractivity contribution in [2.75, 3.05) is 17.1 Å². The summed E-state index contributed by atoms with van der Waals surface area (Å²) in [5, 5.41) is 3.69. The average molecular weight is 557 g/mol. The lowest BCUT2D eigenvalue weighted by atomic mass is 10.1. The van der Waals surface area contributed by atoms with E-state index in [1.165, 1.54) is 9.21 Å². The van der Waals surface area contributed by atoms with Crippen molar-refractivity contribution in [2.45, 2.75) is 65.6 Å².